The summed E-state index contributed by atoms with van der Waals surface area (Å²) in [5, 5.41) is 1.43. The fourth-order valence-electron chi connectivity index (χ4n) is 1.91. The number of nitrogens with two attached hydrogens (primary N) is 1. The van der Waals surface area contributed by atoms with Gasteiger partial charge in [0.1, 0.15) is 0 Å². The van der Waals surface area contributed by atoms with Gasteiger partial charge in [0.2, 0.25) is 0 Å². The molecule has 2 aromatic rings. The maximum Gasteiger partial charge on any atom is 0.256 e. The van der Waals surface area contributed by atoms with E-state index in [0.717, 1.165) is 5.56 Å². The third-order valence-electron chi connectivity index (χ3n) is 3.05. The molecule has 110 valence electrons. The van der Waals surface area contributed by atoms with Gasteiger partial charge in [-0.15, -0.1) is 0 Å². The first-order valence-electron chi connectivity index (χ1n) is 6.13. The zero-order chi connectivity index (χ0) is 15.6. The van der Waals surface area contributed by atoms with Crippen molar-refractivity contribution < 1.29 is 4.79 Å². The summed E-state index contributed by atoms with van der Waals surface area (Å²) in [6.45, 7) is 0.348. The van der Waals surface area contributed by atoms with E-state index in [1.54, 1.807) is 43.4 Å². The van der Waals surface area contributed by atoms with E-state index in [9.17, 15) is 4.79 Å². The lowest BCUT2D eigenvalue weighted by molar-refractivity contribution is 0.0786. The molecule has 0 aromatic heterocycles. The Morgan fingerprint density at radius 2 is 1.86 bits per heavy atom. The van der Waals surface area contributed by atoms with Crippen LogP contribution < -0.4 is 5.73 Å². The van der Waals surface area contributed by atoms with E-state index < -0.39 is 0 Å². The van der Waals surface area contributed by atoms with Crippen molar-refractivity contribution >= 4 is 46.4 Å². The number of carbonyl (C=O) groups is 1. The fourth-order valence-corrected chi connectivity index (χ4v) is 2.55. The van der Waals surface area contributed by atoms with Crippen molar-refractivity contribution in [2.75, 3.05) is 12.8 Å². The summed E-state index contributed by atoms with van der Waals surface area (Å²) in [6.07, 6.45) is 0. The van der Waals surface area contributed by atoms with Gasteiger partial charge in [0, 0.05) is 23.6 Å². The number of hydrogen-bond donors (Lipinski definition) is 1. The second-order valence-corrected chi connectivity index (χ2v) is 5.85. The standard InChI is InChI=1S/C15H13Cl3N2O/c1-20(8-9-5-6-10(16)7-13(9)18)15(21)11-3-2-4-12(17)14(11)19/h2-7H,8,19H2,1H3. The molecule has 0 bridgehead atoms. The fraction of sp³-hybridized carbons (Fsp3) is 0.133. The second-order valence-electron chi connectivity index (χ2n) is 4.60. The Morgan fingerprint density at radius 1 is 1.14 bits per heavy atom. The first-order valence-corrected chi connectivity index (χ1v) is 7.27. The highest BCUT2D eigenvalue weighted by atomic mass is 35.5. The largest absolute Gasteiger partial charge is 0.397 e. The van der Waals surface area contributed by atoms with Crippen LogP contribution in [0.1, 0.15) is 15.9 Å². The average molecular weight is 344 g/mol. The molecule has 6 heteroatoms. The minimum atomic E-state index is -0.221. The van der Waals surface area contributed by atoms with Gasteiger partial charge in [0.25, 0.3) is 5.91 Å². The van der Waals surface area contributed by atoms with Crippen molar-refractivity contribution in [3.8, 4) is 0 Å². The Balaban J connectivity index is 2.21. The summed E-state index contributed by atoms with van der Waals surface area (Å²) in [7, 11) is 1.67. The van der Waals surface area contributed by atoms with E-state index in [1.165, 1.54) is 4.90 Å². The number of nitrogens with zero attached hydrogens (tertiary/aromatic N) is 1. The molecule has 0 saturated carbocycles. The van der Waals surface area contributed by atoms with Crippen molar-refractivity contribution in [3.05, 3.63) is 62.6 Å². The number of carbonyl (C=O) groups excluding carboxylic acids is 1. The highest BCUT2D eigenvalue weighted by Gasteiger charge is 2.17. The lowest BCUT2D eigenvalue weighted by Gasteiger charge is -2.19. The van der Waals surface area contributed by atoms with Crippen molar-refractivity contribution in [2.45, 2.75) is 6.54 Å². The van der Waals surface area contributed by atoms with Gasteiger partial charge in [-0.1, -0.05) is 46.9 Å². The molecular formula is C15H13Cl3N2O. The highest BCUT2D eigenvalue weighted by Crippen LogP contribution is 2.25. The lowest BCUT2D eigenvalue weighted by atomic mass is 10.1. The molecule has 0 unspecified atom stereocenters. The molecule has 2 N–H and O–H groups in total. The molecule has 21 heavy (non-hydrogen) atoms. The van der Waals surface area contributed by atoms with Crippen molar-refractivity contribution in [2.24, 2.45) is 0 Å². The maximum atomic E-state index is 12.4. The first-order chi connectivity index (χ1) is 9.90. The molecule has 0 spiro atoms. The number of nitrogen functional groups attached to an aromatic ring is 1. The summed E-state index contributed by atoms with van der Waals surface area (Å²) < 4.78 is 0. The third kappa shape index (κ3) is 3.62. The van der Waals surface area contributed by atoms with Gasteiger partial charge in [0.15, 0.2) is 0 Å². The van der Waals surface area contributed by atoms with Crippen LogP contribution in [0.25, 0.3) is 0 Å². The van der Waals surface area contributed by atoms with Crippen LogP contribution in [0.3, 0.4) is 0 Å². The van der Waals surface area contributed by atoms with Gasteiger partial charge in [-0.25, -0.2) is 0 Å². The number of hydrogen-bond acceptors (Lipinski definition) is 2. The number of rotatable bonds is 3. The molecule has 3 nitrogen and oxygen atoms in total. The predicted octanol–water partition coefficient (Wildman–Crippen LogP) is 4.50. The summed E-state index contributed by atoms with van der Waals surface area (Å²) in [5.41, 5.74) is 7.29. The van der Waals surface area contributed by atoms with Crippen LogP contribution >= 0.6 is 34.8 Å². The Kier molecular flexibility index (Phi) is 4.99. The van der Waals surface area contributed by atoms with Crippen molar-refractivity contribution in [3.63, 3.8) is 0 Å². The normalized spacial score (nSPS) is 10.5. The molecule has 0 radical (unpaired) electrons. The topological polar surface area (TPSA) is 46.3 Å². The van der Waals surface area contributed by atoms with Crippen molar-refractivity contribution in [1.29, 1.82) is 0 Å². The van der Waals surface area contributed by atoms with E-state index in [0.29, 0.717) is 27.2 Å². The van der Waals surface area contributed by atoms with Gasteiger partial charge in [-0.3, -0.25) is 4.79 Å². The van der Waals surface area contributed by atoms with Crippen LogP contribution in [0.2, 0.25) is 15.1 Å². The van der Waals surface area contributed by atoms with E-state index >= 15 is 0 Å². The molecule has 0 fully saturated rings. The number of halogens is 3. The zero-order valence-electron chi connectivity index (χ0n) is 11.2. The van der Waals surface area contributed by atoms with E-state index in [1.807, 2.05) is 0 Å². The SMILES string of the molecule is CN(Cc1ccc(Cl)cc1Cl)C(=O)c1cccc(Cl)c1N. The van der Waals surface area contributed by atoms with Gasteiger partial charge in [-0.2, -0.15) is 0 Å². The Bertz CT molecular complexity index is 689. The monoisotopic (exact) mass is 342 g/mol. The second kappa shape index (κ2) is 6.56. The molecule has 0 heterocycles. The number of benzene rings is 2. The van der Waals surface area contributed by atoms with Crippen LogP contribution in [-0.4, -0.2) is 17.9 Å². The van der Waals surface area contributed by atoms with E-state index in [2.05, 4.69) is 0 Å². The minimum Gasteiger partial charge on any atom is -0.397 e. The number of amides is 1. The van der Waals surface area contributed by atoms with Crippen molar-refractivity contribution in [1.82, 2.24) is 4.90 Å². The zero-order valence-corrected chi connectivity index (χ0v) is 13.5. The molecular weight excluding hydrogens is 331 g/mol. The number of para-hydroxylation sites is 1. The maximum absolute atomic E-state index is 12.4. The Morgan fingerprint density at radius 3 is 2.52 bits per heavy atom. The molecule has 0 aliphatic carbocycles. The van der Waals surface area contributed by atoms with Gasteiger partial charge in [-0.05, 0) is 29.8 Å². The summed E-state index contributed by atoms with van der Waals surface area (Å²) in [4.78, 5) is 13.9. The quantitative estimate of drug-likeness (QED) is 0.834. The van der Waals surface area contributed by atoms with Crippen LogP contribution in [-0.2, 0) is 6.54 Å². The molecule has 2 rings (SSSR count). The van der Waals surface area contributed by atoms with E-state index in [-0.39, 0.29) is 11.6 Å². The summed E-state index contributed by atoms with van der Waals surface area (Å²) >= 11 is 17.9. The summed E-state index contributed by atoms with van der Waals surface area (Å²) in [6, 6.07) is 10.1. The highest BCUT2D eigenvalue weighted by molar-refractivity contribution is 6.35. The minimum absolute atomic E-state index is 0.221. The van der Waals surface area contributed by atoms with Gasteiger partial charge < -0.3 is 10.6 Å². The molecule has 2 aromatic carbocycles. The van der Waals surface area contributed by atoms with Crippen LogP contribution in [0.15, 0.2) is 36.4 Å². The third-order valence-corrected chi connectivity index (χ3v) is 3.97. The van der Waals surface area contributed by atoms with Gasteiger partial charge in [0.05, 0.1) is 16.3 Å². The van der Waals surface area contributed by atoms with Crippen LogP contribution in [0.4, 0.5) is 5.69 Å². The average Bonchev–Trinajstić information content (AvgIpc) is 2.44. The molecule has 1 amide bonds. The predicted molar refractivity (Wildman–Crippen MR) is 88.1 cm³/mol. The number of anilines is 1. The first kappa shape index (κ1) is 16.0. The van der Waals surface area contributed by atoms with Crippen LogP contribution in [0, 0.1) is 0 Å². The van der Waals surface area contributed by atoms with Gasteiger partial charge >= 0.3 is 0 Å². The Labute approximate surface area is 138 Å². The molecule has 0 aliphatic rings. The molecule has 0 atom stereocenters. The Hall–Kier alpha value is -1.42. The smallest absolute Gasteiger partial charge is 0.256 e. The summed E-state index contributed by atoms with van der Waals surface area (Å²) in [5.74, 6) is -0.221. The lowest BCUT2D eigenvalue weighted by Crippen LogP contribution is -2.27. The molecule has 0 saturated heterocycles. The molecule has 0 aliphatic heterocycles. The van der Waals surface area contributed by atoms with E-state index in [4.69, 9.17) is 40.5 Å². The van der Waals surface area contributed by atoms with Crippen LogP contribution in [0.5, 0.6) is 0 Å².